The Balaban J connectivity index is 1.86. The van der Waals surface area contributed by atoms with Crippen molar-refractivity contribution in [1.29, 1.82) is 0 Å². The van der Waals surface area contributed by atoms with Crippen LogP contribution in [-0.2, 0) is 11.3 Å². The normalized spacial score (nSPS) is 12.2. The van der Waals surface area contributed by atoms with Crippen LogP contribution < -0.4 is 11.4 Å². The predicted octanol–water partition coefficient (Wildman–Crippen LogP) is 3.92. The largest absolute Gasteiger partial charge is 0.499 e. The molecule has 3 heterocycles. The number of methoxy groups -OCH3 is 1. The van der Waals surface area contributed by atoms with Crippen LogP contribution in [0.2, 0.25) is 5.02 Å². The number of H-pyrrole nitrogens is 1. The Morgan fingerprint density at radius 1 is 1.26 bits per heavy atom. The number of rotatable bonds is 6. The average Bonchev–Trinajstić information content (AvgIpc) is 3.47. The zero-order valence-corrected chi connectivity index (χ0v) is 19.7. The van der Waals surface area contributed by atoms with Crippen LogP contribution in [0.4, 0.5) is 5.95 Å². The lowest BCUT2D eigenvalue weighted by atomic mass is 9.99. The Labute approximate surface area is 204 Å². The standard InChI is InChI=1S/C24H21ClN8O2/c1-13(35-3)18(27-2)12-32-24(34)33-22(31-32)19(15-9-16-11-28-30-20(16)17(25)10-15)21(29-23(33)26)14-7-5-4-6-8-14/h4-11H,2,12H2,1,3H3,(H2,26,29)(H,28,30)/b18-13-. The third-order valence-corrected chi connectivity index (χ3v) is 6.09. The summed E-state index contributed by atoms with van der Waals surface area (Å²) in [5, 5.41) is 12.9. The van der Waals surface area contributed by atoms with Crippen molar-refractivity contribution in [3.8, 4) is 22.4 Å². The summed E-state index contributed by atoms with van der Waals surface area (Å²) in [6.07, 6.45) is 1.68. The lowest BCUT2D eigenvalue weighted by Gasteiger charge is -2.12. The van der Waals surface area contributed by atoms with E-state index in [0.29, 0.717) is 44.5 Å². The van der Waals surface area contributed by atoms with Gasteiger partial charge >= 0.3 is 5.69 Å². The Hall–Kier alpha value is -4.44. The first-order chi connectivity index (χ1) is 16.9. The maximum absolute atomic E-state index is 13.4. The summed E-state index contributed by atoms with van der Waals surface area (Å²) in [5.74, 6) is 0.535. The van der Waals surface area contributed by atoms with E-state index >= 15 is 0 Å². The first-order valence-corrected chi connectivity index (χ1v) is 11.0. The number of aliphatic imine (C=N–C) groups is 1. The summed E-state index contributed by atoms with van der Waals surface area (Å²) < 4.78 is 7.80. The van der Waals surface area contributed by atoms with Gasteiger partial charge in [-0.15, -0.1) is 5.10 Å². The molecule has 0 spiro atoms. The van der Waals surface area contributed by atoms with Gasteiger partial charge in [-0.1, -0.05) is 41.9 Å². The molecule has 2 aromatic carbocycles. The Kier molecular flexibility index (Phi) is 5.58. The number of allylic oxidation sites excluding steroid dienone is 2. The molecule has 0 unspecified atom stereocenters. The van der Waals surface area contributed by atoms with E-state index in [1.807, 2.05) is 36.4 Å². The molecule has 0 saturated carbocycles. The van der Waals surface area contributed by atoms with Crippen LogP contribution in [0.1, 0.15) is 6.92 Å². The molecule has 5 rings (SSSR count). The summed E-state index contributed by atoms with van der Waals surface area (Å²) in [7, 11) is 1.52. The van der Waals surface area contributed by atoms with Gasteiger partial charge in [0.25, 0.3) is 0 Å². The van der Waals surface area contributed by atoms with Crippen LogP contribution in [0.25, 0.3) is 38.9 Å². The van der Waals surface area contributed by atoms with E-state index in [0.717, 1.165) is 10.9 Å². The number of nitrogens with one attached hydrogen (secondary N) is 1. The number of ether oxygens (including phenoxy) is 1. The molecule has 0 saturated heterocycles. The van der Waals surface area contributed by atoms with Crippen molar-refractivity contribution >= 4 is 40.8 Å². The molecule has 0 radical (unpaired) electrons. The molecule has 176 valence electrons. The van der Waals surface area contributed by atoms with E-state index < -0.39 is 5.69 Å². The molecule has 5 aromatic rings. The topological polar surface area (TPSA) is 128 Å². The number of nitrogens with two attached hydrogens (primary N) is 1. The summed E-state index contributed by atoms with van der Waals surface area (Å²) in [6, 6.07) is 13.2. The van der Waals surface area contributed by atoms with E-state index in [9.17, 15) is 4.79 Å². The Morgan fingerprint density at radius 2 is 2.03 bits per heavy atom. The van der Waals surface area contributed by atoms with Crippen molar-refractivity contribution in [1.82, 2.24) is 29.4 Å². The quantitative estimate of drug-likeness (QED) is 0.275. The molecular formula is C24H21ClN8O2. The molecule has 0 aliphatic heterocycles. The van der Waals surface area contributed by atoms with Crippen LogP contribution in [0.5, 0.6) is 0 Å². The highest BCUT2D eigenvalue weighted by Gasteiger charge is 2.23. The van der Waals surface area contributed by atoms with Gasteiger partial charge < -0.3 is 10.5 Å². The fourth-order valence-corrected chi connectivity index (χ4v) is 4.24. The lowest BCUT2D eigenvalue weighted by Crippen LogP contribution is -2.24. The van der Waals surface area contributed by atoms with Crippen molar-refractivity contribution in [3.05, 3.63) is 75.6 Å². The van der Waals surface area contributed by atoms with E-state index in [4.69, 9.17) is 22.1 Å². The summed E-state index contributed by atoms with van der Waals surface area (Å²) >= 11 is 6.56. The fraction of sp³-hybridized carbons (Fsp3) is 0.125. The second-order valence-corrected chi connectivity index (χ2v) is 8.22. The highest BCUT2D eigenvalue weighted by Crippen LogP contribution is 2.37. The van der Waals surface area contributed by atoms with Gasteiger partial charge in [-0.25, -0.2) is 18.9 Å². The molecular weight excluding hydrogens is 468 g/mol. The van der Waals surface area contributed by atoms with Crippen LogP contribution in [0, 0.1) is 0 Å². The van der Waals surface area contributed by atoms with Gasteiger partial charge in [0, 0.05) is 10.9 Å². The number of hydrogen-bond acceptors (Lipinski definition) is 7. The van der Waals surface area contributed by atoms with Crippen LogP contribution in [0.3, 0.4) is 0 Å². The minimum Gasteiger partial charge on any atom is -0.499 e. The first kappa shape index (κ1) is 22.4. The van der Waals surface area contributed by atoms with Crippen LogP contribution in [0.15, 0.2) is 69.9 Å². The predicted molar refractivity (Wildman–Crippen MR) is 136 cm³/mol. The zero-order valence-electron chi connectivity index (χ0n) is 19.0. The van der Waals surface area contributed by atoms with Crippen molar-refractivity contribution in [2.45, 2.75) is 13.5 Å². The summed E-state index contributed by atoms with van der Waals surface area (Å²) in [4.78, 5) is 22.0. The number of anilines is 1. The number of hydrogen-bond donors (Lipinski definition) is 2. The molecule has 0 fully saturated rings. The molecule has 3 N–H and O–H groups in total. The summed E-state index contributed by atoms with van der Waals surface area (Å²) in [6.45, 7) is 5.37. The number of nitrogens with zero attached hydrogens (tertiary/aromatic N) is 6. The summed E-state index contributed by atoms with van der Waals surface area (Å²) in [5.41, 5.74) is 10.0. The zero-order chi connectivity index (χ0) is 24.7. The number of halogens is 1. The van der Waals surface area contributed by atoms with Gasteiger partial charge in [-0.05, 0) is 31.3 Å². The minimum absolute atomic E-state index is 0.00916. The highest BCUT2D eigenvalue weighted by molar-refractivity contribution is 6.35. The second-order valence-electron chi connectivity index (χ2n) is 7.82. The molecule has 0 atom stereocenters. The first-order valence-electron chi connectivity index (χ1n) is 10.6. The fourth-order valence-electron chi connectivity index (χ4n) is 3.97. The van der Waals surface area contributed by atoms with Gasteiger partial charge in [-0.3, -0.25) is 10.1 Å². The lowest BCUT2D eigenvalue weighted by molar-refractivity contribution is 0.285. The number of fused-ring (bicyclic) bond motifs is 2. The molecule has 10 nitrogen and oxygen atoms in total. The number of aromatic amines is 1. The average molecular weight is 489 g/mol. The van der Waals surface area contributed by atoms with Crippen LogP contribution >= 0.6 is 11.6 Å². The smallest absolute Gasteiger partial charge is 0.353 e. The molecule has 0 aliphatic carbocycles. The molecule has 11 heteroatoms. The van der Waals surface area contributed by atoms with Gasteiger partial charge in [0.1, 0.15) is 5.76 Å². The SMILES string of the molecule is C=N/C(Cn1nc2c(-c3cc(Cl)c4[nH]ncc4c3)c(-c3ccccc3)nc(N)n2c1=O)=C(/C)OC. The maximum atomic E-state index is 13.4. The van der Waals surface area contributed by atoms with Gasteiger partial charge in [0.05, 0.1) is 47.3 Å². The van der Waals surface area contributed by atoms with Crippen molar-refractivity contribution in [3.63, 3.8) is 0 Å². The third-order valence-electron chi connectivity index (χ3n) is 5.79. The molecule has 0 aliphatic rings. The van der Waals surface area contributed by atoms with Crippen LogP contribution in [-0.4, -0.2) is 43.2 Å². The monoisotopic (exact) mass is 488 g/mol. The van der Waals surface area contributed by atoms with Crippen molar-refractivity contribution in [2.75, 3.05) is 12.8 Å². The van der Waals surface area contributed by atoms with E-state index in [1.165, 1.54) is 16.2 Å². The molecule has 0 bridgehead atoms. The van der Waals surface area contributed by atoms with Gasteiger partial charge in [0.15, 0.2) is 5.65 Å². The second kappa shape index (κ2) is 8.73. The van der Waals surface area contributed by atoms with E-state index in [-0.39, 0.29) is 12.5 Å². The minimum atomic E-state index is -0.466. The van der Waals surface area contributed by atoms with Crippen molar-refractivity contribution in [2.24, 2.45) is 4.99 Å². The van der Waals surface area contributed by atoms with E-state index in [1.54, 1.807) is 19.2 Å². The van der Waals surface area contributed by atoms with Gasteiger partial charge in [-0.2, -0.15) is 5.10 Å². The molecule has 3 aromatic heterocycles. The number of aromatic nitrogens is 6. The Morgan fingerprint density at radius 3 is 2.74 bits per heavy atom. The van der Waals surface area contributed by atoms with E-state index in [2.05, 4.69) is 32.0 Å². The highest BCUT2D eigenvalue weighted by atomic mass is 35.5. The molecule has 35 heavy (non-hydrogen) atoms. The van der Waals surface area contributed by atoms with Gasteiger partial charge in [0.2, 0.25) is 5.95 Å². The Bertz CT molecular complexity index is 1680. The number of nitrogen functional groups attached to an aromatic ring is 1. The maximum Gasteiger partial charge on any atom is 0.353 e. The van der Waals surface area contributed by atoms with Crippen molar-refractivity contribution < 1.29 is 4.74 Å². The number of benzene rings is 2. The molecule has 0 amide bonds. The third kappa shape index (κ3) is 3.73.